The van der Waals surface area contributed by atoms with Gasteiger partial charge in [-0.1, -0.05) is 11.6 Å². The number of likely N-dealkylation sites (tertiary alicyclic amines) is 1. The molecule has 1 amide bonds. The number of carbonyl (C=O) groups is 1. The van der Waals surface area contributed by atoms with Crippen LogP contribution in [0.4, 0.5) is 27.9 Å². The van der Waals surface area contributed by atoms with Gasteiger partial charge in [0.1, 0.15) is 22.5 Å². The lowest BCUT2D eigenvalue weighted by Gasteiger charge is -2.34. The zero-order valence-electron chi connectivity index (χ0n) is 28.1. The van der Waals surface area contributed by atoms with Crippen LogP contribution in [0.25, 0.3) is 0 Å². The first-order valence-corrected chi connectivity index (χ1v) is 18.2. The molecule has 0 unspecified atom stereocenters. The standard InChI is InChI=1S/C33H44ClN7O5S/c1-18(2)47(43,44)30-26(17-41(39-30)22-8-9-22)36-29-24(34)16-35-31(38-29)37-25-14-19(3)27(23-15-20(4)45-28(23)25)21-10-12-40(13-11-21)32(42)46-33(5,6)7/h14,16-18,20-22H,8-13,15H2,1-7H3,(H2,35,36,37,38)/t20-/m1/s1. The van der Waals surface area contributed by atoms with E-state index in [2.05, 4.69) is 45.6 Å². The van der Waals surface area contributed by atoms with Crippen LogP contribution in [-0.2, 0) is 21.0 Å². The second-order valence-electron chi connectivity index (χ2n) is 14.1. The van der Waals surface area contributed by atoms with Crippen molar-refractivity contribution >= 4 is 50.7 Å². The van der Waals surface area contributed by atoms with E-state index in [1.807, 2.05) is 20.8 Å². The molecule has 1 aromatic carbocycles. The molecule has 3 aliphatic rings. The van der Waals surface area contributed by atoms with E-state index in [1.54, 1.807) is 29.6 Å². The van der Waals surface area contributed by atoms with E-state index in [1.165, 1.54) is 17.3 Å². The van der Waals surface area contributed by atoms with Crippen molar-refractivity contribution in [3.63, 3.8) is 0 Å². The highest BCUT2D eigenvalue weighted by Crippen LogP contribution is 2.46. The molecule has 0 bridgehead atoms. The molecule has 4 heterocycles. The number of fused-ring (bicyclic) bond motifs is 1. The minimum atomic E-state index is -3.67. The van der Waals surface area contributed by atoms with Gasteiger partial charge in [-0.15, -0.1) is 0 Å². The molecule has 2 aromatic heterocycles. The molecule has 2 N–H and O–H groups in total. The van der Waals surface area contributed by atoms with Gasteiger partial charge in [-0.25, -0.2) is 18.2 Å². The molecule has 0 spiro atoms. The number of piperidine rings is 1. The molecular weight excluding hydrogens is 642 g/mol. The SMILES string of the molecule is Cc1cc(Nc2ncc(Cl)c(Nc3cn(C4CC4)nc3S(=O)(=O)C(C)C)n2)c2c(c1C1CCN(C(=O)OC(C)(C)C)CC1)C[C@@H](C)O2. The quantitative estimate of drug-likeness (QED) is 0.253. The average Bonchev–Trinajstić information content (AvgIpc) is 3.63. The Balaban J connectivity index is 1.25. The fourth-order valence-corrected chi connectivity index (χ4v) is 7.48. The summed E-state index contributed by atoms with van der Waals surface area (Å²) in [5.74, 6) is 1.61. The van der Waals surface area contributed by atoms with Crippen molar-refractivity contribution in [2.24, 2.45) is 0 Å². The van der Waals surface area contributed by atoms with E-state index in [-0.39, 0.29) is 40.1 Å². The predicted octanol–water partition coefficient (Wildman–Crippen LogP) is 7.08. The summed E-state index contributed by atoms with van der Waals surface area (Å²) < 4.78 is 40.0. The van der Waals surface area contributed by atoms with E-state index in [9.17, 15) is 13.2 Å². The number of aryl methyl sites for hydroxylation is 1. The summed E-state index contributed by atoms with van der Waals surface area (Å²) in [6.07, 6.45) is 7.30. The summed E-state index contributed by atoms with van der Waals surface area (Å²) in [6, 6.07) is 2.25. The fourth-order valence-electron chi connectivity index (χ4n) is 6.27. The van der Waals surface area contributed by atoms with Crippen LogP contribution in [0.15, 0.2) is 23.5 Å². The molecule has 3 aromatic rings. The summed E-state index contributed by atoms with van der Waals surface area (Å²) in [5.41, 5.74) is 4.12. The fraction of sp³-hybridized carbons (Fsp3) is 0.576. The first-order valence-electron chi connectivity index (χ1n) is 16.3. The first kappa shape index (κ1) is 33.3. The molecule has 254 valence electrons. The number of aromatic nitrogens is 4. The van der Waals surface area contributed by atoms with Crippen LogP contribution >= 0.6 is 11.6 Å². The lowest BCUT2D eigenvalue weighted by molar-refractivity contribution is 0.0204. The highest BCUT2D eigenvalue weighted by atomic mass is 35.5. The molecular formula is C33H44ClN7O5S. The molecule has 12 nitrogen and oxygen atoms in total. The number of nitrogens with one attached hydrogen (secondary N) is 2. The molecule has 14 heteroatoms. The number of halogens is 1. The van der Waals surface area contributed by atoms with Crippen LogP contribution in [0.1, 0.15) is 95.9 Å². The van der Waals surface area contributed by atoms with Crippen molar-refractivity contribution in [3.8, 4) is 5.75 Å². The zero-order chi connectivity index (χ0) is 33.8. The number of anilines is 4. The van der Waals surface area contributed by atoms with Crippen molar-refractivity contribution in [1.29, 1.82) is 0 Å². The number of ether oxygens (including phenoxy) is 2. The first-order chi connectivity index (χ1) is 22.1. The Kier molecular flexibility index (Phi) is 8.84. The van der Waals surface area contributed by atoms with Gasteiger partial charge < -0.3 is 25.0 Å². The van der Waals surface area contributed by atoms with Gasteiger partial charge in [0.05, 0.1) is 35.1 Å². The Morgan fingerprint density at radius 1 is 1.13 bits per heavy atom. The maximum atomic E-state index is 13.2. The van der Waals surface area contributed by atoms with E-state index < -0.39 is 20.7 Å². The van der Waals surface area contributed by atoms with Gasteiger partial charge in [0.25, 0.3) is 0 Å². The number of amides is 1. The third-order valence-electron chi connectivity index (χ3n) is 8.75. The summed E-state index contributed by atoms with van der Waals surface area (Å²) in [4.78, 5) is 23.5. The van der Waals surface area contributed by atoms with Crippen molar-refractivity contribution in [3.05, 3.63) is 40.2 Å². The van der Waals surface area contributed by atoms with Crippen LogP contribution in [0.3, 0.4) is 0 Å². The molecule has 47 heavy (non-hydrogen) atoms. The van der Waals surface area contributed by atoms with E-state index in [0.29, 0.717) is 24.7 Å². The van der Waals surface area contributed by atoms with Gasteiger partial charge in [-0.05, 0) is 97.3 Å². The number of rotatable bonds is 8. The Labute approximate surface area is 281 Å². The second kappa shape index (κ2) is 12.5. The molecule has 1 aliphatic carbocycles. The third kappa shape index (κ3) is 7.01. The molecule has 2 aliphatic heterocycles. The highest BCUT2D eigenvalue weighted by molar-refractivity contribution is 7.92. The van der Waals surface area contributed by atoms with Crippen molar-refractivity contribution in [1.82, 2.24) is 24.6 Å². The molecule has 1 saturated heterocycles. The third-order valence-corrected chi connectivity index (χ3v) is 11.1. The Bertz CT molecular complexity index is 1790. The van der Waals surface area contributed by atoms with E-state index in [4.69, 9.17) is 21.1 Å². The Morgan fingerprint density at radius 2 is 1.83 bits per heavy atom. The zero-order valence-corrected chi connectivity index (χ0v) is 29.6. The number of hydrogen-bond donors (Lipinski definition) is 2. The van der Waals surface area contributed by atoms with Crippen molar-refractivity contribution < 1.29 is 22.7 Å². The summed E-state index contributed by atoms with van der Waals surface area (Å²) in [5, 5.41) is 10.5. The monoisotopic (exact) mass is 685 g/mol. The van der Waals surface area contributed by atoms with Gasteiger partial charge in [0, 0.05) is 25.1 Å². The Morgan fingerprint density at radius 3 is 2.47 bits per heavy atom. The topological polar surface area (TPSA) is 141 Å². The van der Waals surface area contributed by atoms with E-state index in [0.717, 1.165) is 49.1 Å². The molecule has 6 rings (SSSR count). The predicted molar refractivity (Wildman–Crippen MR) is 181 cm³/mol. The average molecular weight is 686 g/mol. The van der Waals surface area contributed by atoms with Crippen LogP contribution in [0, 0.1) is 6.92 Å². The maximum absolute atomic E-state index is 13.2. The summed E-state index contributed by atoms with van der Waals surface area (Å²) in [7, 11) is -3.67. The van der Waals surface area contributed by atoms with E-state index >= 15 is 0 Å². The Hall–Kier alpha value is -3.58. The van der Waals surface area contributed by atoms with Gasteiger partial charge >= 0.3 is 6.09 Å². The van der Waals surface area contributed by atoms with Crippen LogP contribution < -0.4 is 15.4 Å². The van der Waals surface area contributed by atoms with Gasteiger partial charge in [-0.2, -0.15) is 10.1 Å². The normalized spacial score (nSPS) is 18.7. The molecule has 0 radical (unpaired) electrons. The van der Waals surface area contributed by atoms with Gasteiger partial charge in [0.15, 0.2) is 5.82 Å². The number of nitrogens with zero attached hydrogens (tertiary/aromatic N) is 5. The van der Waals surface area contributed by atoms with Crippen LogP contribution in [0.2, 0.25) is 5.02 Å². The molecule has 1 atom stereocenters. The highest BCUT2D eigenvalue weighted by Gasteiger charge is 2.35. The summed E-state index contributed by atoms with van der Waals surface area (Å²) >= 11 is 6.52. The minimum absolute atomic E-state index is 0.000600. The lowest BCUT2D eigenvalue weighted by Crippen LogP contribution is -2.41. The number of benzene rings is 1. The van der Waals surface area contributed by atoms with Crippen molar-refractivity contribution in [2.75, 3.05) is 23.7 Å². The van der Waals surface area contributed by atoms with Crippen LogP contribution in [0.5, 0.6) is 5.75 Å². The van der Waals surface area contributed by atoms with Gasteiger partial charge in [-0.3, -0.25) is 4.68 Å². The number of carbonyl (C=O) groups excluding carboxylic acids is 1. The smallest absolute Gasteiger partial charge is 0.410 e. The van der Waals surface area contributed by atoms with Crippen molar-refractivity contribution in [2.45, 2.75) is 115 Å². The second-order valence-corrected chi connectivity index (χ2v) is 17.0. The number of hydrogen-bond acceptors (Lipinski definition) is 10. The molecule has 2 fully saturated rings. The lowest BCUT2D eigenvalue weighted by atomic mass is 9.82. The number of sulfone groups is 1. The largest absolute Gasteiger partial charge is 0.488 e. The minimum Gasteiger partial charge on any atom is -0.488 e. The van der Waals surface area contributed by atoms with Gasteiger partial charge in [0.2, 0.25) is 20.8 Å². The van der Waals surface area contributed by atoms with Crippen LogP contribution in [-0.4, -0.2) is 69.2 Å². The summed E-state index contributed by atoms with van der Waals surface area (Å²) in [6.45, 7) is 14.4. The molecule has 1 saturated carbocycles. The maximum Gasteiger partial charge on any atom is 0.410 e.